The van der Waals surface area contributed by atoms with Crippen LogP contribution in [0.25, 0.3) is 5.65 Å². The van der Waals surface area contributed by atoms with Crippen molar-refractivity contribution >= 4 is 34.9 Å². The molecular formula is C24H31N7O2S. The number of hydrogen-bond acceptors (Lipinski definition) is 8. The van der Waals surface area contributed by atoms with Crippen LogP contribution in [0, 0.1) is 0 Å². The maximum atomic E-state index is 13.3. The number of carbonyl (C=O) groups is 1. The van der Waals surface area contributed by atoms with Gasteiger partial charge in [-0.05, 0) is 32.2 Å². The SMILES string of the molecule is CSNCCN1CCN(c2cc3c(cc2NC(=O)c2cnn4cccnc24)CC(C)(C)O3)CC1. The third-order valence-electron chi connectivity index (χ3n) is 6.34. The van der Waals surface area contributed by atoms with Crippen LogP contribution in [0.1, 0.15) is 29.8 Å². The normalized spacial score (nSPS) is 17.6. The van der Waals surface area contributed by atoms with Crippen molar-refractivity contribution in [3.05, 3.63) is 47.9 Å². The van der Waals surface area contributed by atoms with Crippen molar-refractivity contribution < 1.29 is 9.53 Å². The van der Waals surface area contributed by atoms with Crippen molar-refractivity contribution in [2.75, 3.05) is 55.7 Å². The molecule has 0 aliphatic carbocycles. The zero-order valence-corrected chi connectivity index (χ0v) is 20.7. The summed E-state index contributed by atoms with van der Waals surface area (Å²) in [5.41, 5.74) is 3.66. The molecule has 3 aromatic rings. The van der Waals surface area contributed by atoms with E-state index in [2.05, 4.69) is 55.9 Å². The molecule has 10 heteroatoms. The molecule has 0 unspecified atom stereocenters. The molecule has 9 nitrogen and oxygen atoms in total. The van der Waals surface area contributed by atoms with E-state index in [0.29, 0.717) is 11.2 Å². The minimum Gasteiger partial charge on any atom is -0.487 e. The van der Waals surface area contributed by atoms with Gasteiger partial charge in [0.1, 0.15) is 16.9 Å². The van der Waals surface area contributed by atoms with Crippen LogP contribution >= 0.6 is 11.9 Å². The van der Waals surface area contributed by atoms with Crippen molar-refractivity contribution in [1.29, 1.82) is 0 Å². The van der Waals surface area contributed by atoms with Crippen molar-refractivity contribution in [3.63, 3.8) is 0 Å². The average molecular weight is 482 g/mol. The highest BCUT2D eigenvalue weighted by molar-refractivity contribution is 7.96. The Bertz CT molecular complexity index is 1190. The number of fused-ring (bicyclic) bond motifs is 2. The zero-order chi connectivity index (χ0) is 23.7. The Hall–Kier alpha value is -2.82. The summed E-state index contributed by atoms with van der Waals surface area (Å²) in [6.45, 7) is 9.92. The Morgan fingerprint density at radius 1 is 1.24 bits per heavy atom. The number of amides is 1. The van der Waals surface area contributed by atoms with Crippen LogP contribution in [0.4, 0.5) is 11.4 Å². The first-order valence-electron chi connectivity index (χ1n) is 11.6. The molecule has 1 aromatic carbocycles. The van der Waals surface area contributed by atoms with E-state index >= 15 is 0 Å². The van der Waals surface area contributed by atoms with E-state index < -0.39 is 0 Å². The van der Waals surface area contributed by atoms with Gasteiger partial charge >= 0.3 is 0 Å². The summed E-state index contributed by atoms with van der Waals surface area (Å²) >= 11 is 1.65. The number of hydrogen-bond donors (Lipinski definition) is 2. The number of nitrogens with one attached hydrogen (secondary N) is 2. The van der Waals surface area contributed by atoms with Crippen molar-refractivity contribution in [2.45, 2.75) is 25.9 Å². The van der Waals surface area contributed by atoms with Gasteiger partial charge in [-0.2, -0.15) is 5.10 Å². The van der Waals surface area contributed by atoms with E-state index in [9.17, 15) is 4.79 Å². The van der Waals surface area contributed by atoms with Crippen molar-refractivity contribution in [2.24, 2.45) is 0 Å². The summed E-state index contributed by atoms with van der Waals surface area (Å²) in [5.74, 6) is 0.692. The molecule has 1 fully saturated rings. The Labute approximate surface area is 204 Å². The lowest BCUT2D eigenvalue weighted by Gasteiger charge is -2.37. The molecule has 1 saturated heterocycles. The molecule has 0 radical (unpaired) electrons. The van der Waals surface area contributed by atoms with Gasteiger partial charge in [-0.15, -0.1) is 0 Å². The first kappa shape index (κ1) is 22.9. The molecule has 0 bridgehead atoms. The van der Waals surface area contributed by atoms with Crippen LogP contribution in [-0.2, 0) is 6.42 Å². The van der Waals surface area contributed by atoms with Crippen LogP contribution in [0.3, 0.4) is 0 Å². The molecule has 0 saturated carbocycles. The van der Waals surface area contributed by atoms with Crippen molar-refractivity contribution in [3.8, 4) is 5.75 Å². The molecule has 2 N–H and O–H groups in total. The van der Waals surface area contributed by atoms with E-state index in [-0.39, 0.29) is 11.5 Å². The number of aromatic nitrogens is 3. The molecule has 0 atom stereocenters. The first-order chi connectivity index (χ1) is 16.4. The monoisotopic (exact) mass is 481 g/mol. The minimum absolute atomic E-state index is 0.213. The zero-order valence-electron chi connectivity index (χ0n) is 19.9. The lowest BCUT2D eigenvalue weighted by molar-refractivity contribution is 0.102. The van der Waals surface area contributed by atoms with Crippen LogP contribution in [-0.4, -0.2) is 76.5 Å². The van der Waals surface area contributed by atoms with Crippen LogP contribution < -0.4 is 19.7 Å². The van der Waals surface area contributed by atoms with Gasteiger partial charge < -0.3 is 15.0 Å². The Morgan fingerprint density at radius 2 is 2.06 bits per heavy atom. The number of nitrogens with zero attached hydrogens (tertiary/aromatic N) is 5. The minimum atomic E-state index is -0.252. The van der Waals surface area contributed by atoms with Crippen LogP contribution in [0.5, 0.6) is 5.75 Å². The number of rotatable bonds is 7. The maximum absolute atomic E-state index is 13.3. The molecule has 2 aliphatic rings. The van der Waals surface area contributed by atoms with E-state index in [1.807, 2.05) is 6.26 Å². The van der Waals surface area contributed by atoms with Crippen LogP contribution in [0.2, 0.25) is 0 Å². The van der Waals surface area contributed by atoms with Gasteiger partial charge in [0.05, 0.1) is 17.6 Å². The molecule has 180 valence electrons. The summed E-state index contributed by atoms with van der Waals surface area (Å²) in [7, 11) is 0. The van der Waals surface area contributed by atoms with E-state index in [4.69, 9.17) is 4.74 Å². The fourth-order valence-corrected chi connectivity index (χ4v) is 4.99. The predicted molar refractivity (Wildman–Crippen MR) is 136 cm³/mol. The highest BCUT2D eigenvalue weighted by Crippen LogP contribution is 2.42. The molecule has 34 heavy (non-hydrogen) atoms. The summed E-state index contributed by atoms with van der Waals surface area (Å²) in [6, 6.07) is 5.96. The van der Waals surface area contributed by atoms with Gasteiger partial charge in [-0.3, -0.25) is 14.4 Å². The van der Waals surface area contributed by atoms with Crippen molar-refractivity contribution in [1.82, 2.24) is 24.2 Å². The Kier molecular flexibility index (Phi) is 6.37. The molecule has 2 aliphatic heterocycles. The van der Waals surface area contributed by atoms with E-state index in [1.165, 1.54) is 0 Å². The Morgan fingerprint density at radius 3 is 2.85 bits per heavy atom. The van der Waals surface area contributed by atoms with Gasteiger partial charge in [-0.25, -0.2) is 9.50 Å². The summed E-state index contributed by atoms with van der Waals surface area (Å²) in [4.78, 5) is 22.4. The molecule has 4 heterocycles. The summed E-state index contributed by atoms with van der Waals surface area (Å²) < 4.78 is 11.1. The smallest absolute Gasteiger partial charge is 0.261 e. The van der Waals surface area contributed by atoms with Gasteiger partial charge in [0, 0.05) is 69.7 Å². The summed E-state index contributed by atoms with van der Waals surface area (Å²) in [5, 5.41) is 7.42. The molecular weight excluding hydrogens is 450 g/mol. The quantitative estimate of drug-likeness (QED) is 0.394. The third kappa shape index (κ3) is 4.70. The largest absolute Gasteiger partial charge is 0.487 e. The first-order valence-corrected chi connectivity index (χ1v) is 12.8. The highest BCUT2D eigenvalue weighted by Gasteiger charge is 2.32. The second kappa shape index (κ2) is 9.44. The highest BCUT2D eigenvalue weighted by atomic mass is 32.2. The topological polar surface area (TPSA) is 87.0 Å². The standard InChI is InChI=1S/C24H31N7O2S/c1-24(2)15-17-13-19(28-23(32)18-16-26-31-7-4-5-25-22(18)31)20(14-21(17)33-24)30-11-9-29(10-12-30)8-6-27-34-3/h4-5,7,13-14,16,27H,6,8-12,15H2,1-3H3,(H,28,32). The predicted octanol–water partition coefficient (Wildman–Crippen LogP) is 2.68. The molecule has 5 rings (SSSR count). The number of benzene rings is 1. The van der Waals surface area contributed by atoms with Gasteiger partial charge in [0.15, 0.2) is 5.65 Å². The molecule has 2 aromatic heterocycles. The molecule has 1 amide bonds. The van der Waals surface area contributed by atoms with Gasteiger partial charge in [0.2, 0.25) is 0 Å². The Balaban J connectivity index is 1.40. The molecule has 0 spiro atoms. The van der Waals surface area contributed by atoms with Gasteiger partial charge in [-0.1, -0.05) is 11.9 Å². The summed E-state index contributed by atoms with van der Waals surface area (Å²) in [6.07, 6.45) is 7.88. The maximum Gasteiger partial charge on any atom is 0.261 e. The fourth-order valence-electron chi connectivity index (χ4n) is 4.70. The third-order valence-corrected chi connectivity index (χ3v) is 6.83. The fraction of sp³-hybridized carbons (Fsp3) is 0.458. The second-order valence-electron chi connectivity index (χ2n) is 9.34. The lowest BCUT2D eigenvalue weighted by atomic mass is 10.0. The van der Waals surface area contributed by atoms with E-state index in [1.54, 1.807) is 41.1 Å². The number of ether oxygens (including phenoxy) is 1. The number of piperazine rings is 1. The van der Waals surface area contributed by atoms with Crippen LogP contribution in [0.15, 0.2) is 36.8 Å². The number of anilines is 2. The average Bonchev–Trinajstić information content (AvgIpc) is 3.38. The van der Waals surface area contributed by atoms with Gasteiger partial charge in [0.25, 0.3) is 5.91 Å². The lowest BCUT2D eigenvalue weighted by Crippen LogP contribution is -2.48. The second-order valence-corrected chi connectivity index (χ2v) is 10.0. The number of carbonyl (C=O) groups excluding carboxylic acids is 1. The van der Waals surface area contributed by atoms with E-state index in [0.717, 1.165) is 68.4 Å².